The fraction of sp³-hybridized carbons (Fsp3) is 0.167. The average Bonchev–Trinajstić information content (AvgIpc) is 2.33. The van der Waals surface area contributed by atoms with E-state index in [0.717, 1.165) is 20.1 Å². The monoisotopic (exact) mass is 309 g/mol. The lowest BCUT2D eigenvalue weighted by molar-refractivity contribution is 0.806. The quantitative estimate of drug-likeness (QED) is 0.944. The van der Waals surface area contributed by atoms with Gasteiger partial charge in [-0.15, -0.1) is 0 Å². The molecule has 0 aliphatic carbocycles. The van der Waals surface area contributed by atoms with Gasteiger partial charge in [0.2, 0.25) is 0 Å². The first-order chi connectivity index (χ1) is 8.15. The van der Waals surface area contributed by atoms with Gasteiger partial charge in [-0.05, 0) is 46.6 Å². The number of hydrogen-bond donors (Lipinski definition) is 1. The second-order valence-electron chi connectivity index (χ2n) is 3.64. The first kappa shape index (κ1) is 12.5. The molecule has 17 heavy (non-hydrogen) atoms. The van der Waals surface area contributed by atoms with Gasteiger partial charge in [0.15, 0.2) is 0 Å². The Hall–Kier alpha value is -0.910. The minimum Gasteiger partial charge on any atom is -0.324 e. The van der Waals surface area contributed by atoms with E-state index in [1.54, 1.807) is 6.20 Å². The summed E-state index contributed by atoms with van der Waals surface area (Å²) in [7, 11) is 0. The van der Waals surface area contributed by atoms with Gasteiger partial charge in [-0.2, -0.15) is 0 Å². The lowest BCUT2D eigenvalue weighted by atomic mass is 10.2. The average molecular weight is 310 g/mol. The van der Waals surface area contributed by atoms with Crippen molar-refractivity contribution in [3.8, 4) is 0 Å². The maximum Gasteiger partial charge on any atom is 0.102 e. The van der Waals surface area contributed by atoms with Gasteiger partial charge in [0.1, 0.15) is 10.1 Å². The zero-order valence-electron chi connectivity index (χ0n) is 9.30. The van der Waals surface area contributed by atoms with Crippen LogP contribution >= 0.6 is 27.7 Å². The molecule has 88 valence electrons. The zero-order chi connectivity index (χ0) is 12.3. The highest BCUT2D eigenvalue weighted by Crippen LogP contribution is 2.25. The Labute approximate surface area is 113 Å². The molecule has 1 atom stereocenters. The van der Waals surface area contributed by atoms with E-state index in [2.05, 4.69) is 25.9 Å². The molecule has 2 aromatic rings. The van der Waals surface area contributed by atoms with Crippen LogP contribution in [0.25, 0.3) is 0 Å². The van der Waals surface area contributed by atoms with Crippen LogP contribution < -0.4 is 5.73 Å². The van der Waals surface area contributed by atoms with Crippen molar-refractivity contribution in [2.24, 2.45) is 5.73 Å². The number of nitrogens with two attached hydrogens (primary N) is 1. The highest BCUT2D eigenvalue weighted by molar-refractivity contribution is 9.10. The lowest BCUT2D eigenvalue weighted by Crippen LogP contribution is -2.04. The van der Waals surface area contributed by atoms with Gasteiger partial charge in [0.05, 0.1) is 0 Å². The molecular formula is C12H12BrN3S. The summed E-state index contributed by atoms with van der Waals surface area (Å²) in [5, 5.41) is 1.85. The fourth-order valence-electron chi connectivity index (χ4n) is 1.25. The van der Waals surface area contributed by atoms with Gasteiger partial charge >= 0.3 is 0 Å². The number of rotatable bonds is 3. The summed E-state index contributed by atoms with van der Waals surface area (Å²) >= 11 is 4.89. The molecule has 5 heteroatoms. The van der Waals surface area contributed by atoms with Gasteiger partial charge in [-0.1, -0.05) is 17.8 Å². The van der Waals surface area contributed by atoms with Crippen LogP contribution in [-0.4, -0.2) is 9.97 Å². The summed E-state index contributed by atoms with van der Waals surface area (Å²) < 4.78 is 0.974. The summed E-state index contributed by atoms with van der Waals surface area (Å²) in [5.74, 6) is 0. The Morgan fingerprint density at radius 2 is 1.76 bits per heavy atom. The Bertz CT molecular complexity index is 482. The molecule has 0 radical (unpaired) electrons. The van der Waals surface area contributed by atoms with Crippen molar-refractivity contribution >= 4 is 27.7 Å². The molecule has 0 saturated heterocycles. The molecule has 2 aromatic heterocycles. The summed E-state index contributed by atoms with van der Waals surface area (Å²) in [5.41, 5.74) is 6.81. The van der Waals surface area contributed by atoms with Crippen LogP contribution in [0.3, 0.4) is 0 Å². The number of pyridine rings is 2. The molecular weight excluding hydrogens is 298 g/mol. The molecule has 0 aliphatic rings. The van der Waals surface area contributed by atoms with E-state index >= 15 is 0 Å². The molecule has 0 spiro atoms. The minimum atomic E-state index is 0.0207. The van der Waals surface area contributed by atoms with Gasteiger partial charge in [-0.25, -0.2) is 9.97 Å². The largest absolute Gasteiger partial charge is 0.324 e. The van der Waals surface area contributed by atoms with Crippen LogP contribution in [-0.2, 0) is 0 Å². The molecule has 0 bridgehead atoms. The van der Waals surface area contributed by atoms with E-state index in [9.17, 15) is 0 Å². The van der Waals surface area contributed by atoms with Crippen molar-refractivity contribution in [2.75, 3.05) is 0 Å². The number of hydrogen-bond acceptors (Lipinski definition) is 4. The first-order valence-corrected chi connectivity index (χ1v) is 6.77. The van der Waals surface area contributed by atoms with E-state index < -0.39 is 0 Å². The minimum absolute atomic E-state index is 0.0207. The fourth-order valence-corrected chi connectivity index (χ4v) is 2.18. The van der Waals surface area contributed by atoms with Gasteiger partial charge in [0.25, 0.3) is 0 Å². The second kappa shape index (κ2) is 5.62. The third kappa shape index (κ3) is 3.52. The van der Waals surface area contributed by atoms with Gasteiger partial charge < -0.3 is 5.73 Å². The smallest absolute Gasteiger partial charge is 0.102 e. The highest BCUT2D eigenvalue weighted by Gasteiger charge is 2.02. The predicted molar refractivity (Wildman–Crippen MR) is 72.9 cm³/mol. The van der Waals surface area contributed by atoms with Crippen molar-refractivity contribution in [2.45, 2.75) is 23.0 Å². The standard InChI is InChI=1S/C12H12BrN3S/c1-8(14)9-2-4-11(15-6-9)17-12-5-3-10(13)7-16-12/h2-8H,14H2,1H3/t8-/m1/s1. The Balaban J connectivity index is 2.11. The molecule has 2 heterocycles. The van der Waals surface area contributed by atoms with E-state index in [1.807, 2.05) is 37.4 Å². The van der Waals surface area contributed by atoms with Gasteiger partial charge in [-0.3, -0.25) is 0 Å². The lowest BCUT2D eigenvalue weighted by Gasteiger charge is -2.05. The van der Waals surface area contributed by atoms with Crippen LogP contribution in [0.4, 0.5) is 0 Å². The Morgan fingerprint density at radius 1 is 1.12 bits per heavy atom. The molecule has 0 amide bonds. The van der Waals surface area contributed by atoms with Crippen LogP contribution in [0, 0.1) is 0 Å². The zero-order valence-corrected chi connectivity index (χ0v) is 11.7. The Kier molecular flexibility index (Phi) is 4.15. The van der Waals surface area contributed by atoms with Crippen molar-refractivity contribution in [3.05, 3.63) is 46.7 Å². The van der Waals surface area contributed by atoms with Crippen LogP contribution in [0.5, 0.6) is 0 Å². The third-order valence-electron chi connectivity index (χ3n) is 2.19. The van der Waals surface area contributed by atoms with Crippen molar-refractivity contribution in [1.82, 2.24) is 9.97 Å². The highest BCUT2D eigenvalue weighted by atomic mass is 79.9. The number of aromatic nitrogens is 2. The maximum absolute atomic E-state index is 5.77. The summed E-state index contributed by atoms with van der Waals surface area (Å²) in [4.78, 5) is 8.63. The van der Waals surface area contributed by atoms with Crippen molar-refractivity contribution in [1.29, 1.82) is 0 Å². The number of halogens is 1. The van der Waals surface area contributed by atoms with E-state index in [0.29, 0.717) is 0 Å². The molecule has 0 aromatic carbocycles. The molecule has 0 aliphatic heterocycles. The molecule has 2 rings (SSSR count). The summed E-state index contributed by atoms with van der Waals surface area (Å²) in [6.07, 6.45) is 3.59. The van der Waals surface area contributed by atoms with E-state index in [1.165, 1.54) is 11.8 Å². The predicted octanol–water partition coefficient (Wildman–Crippen LogP) is 3.41. The molecule has 2 N–H and O–H groups in total. The van der Waals surface area contributed by atoms with Crippen LogP contribution in [0.1, 0.15) is 18.5 Å². The maximum atomic E-state index is 5.77. The van der Waals surface area contributed by atoms with Crippen LogP contribution in [0.15, 0.2) is 51.2 Å². The van der Waals surface area contributed by atoms with Crippen molar-refractivity contribution in [3.63, 3.8) is 0 Å². The SMILES string of the molecule is C[C@@H](N)c1ccc(Sc2ccc(Br)cn2)nc1. The van der Waals surface area contributed by atoms with E-state index in [4.69, 9.17) is 5.73 Å². The molecule has 3 nitrogen and oxygen atoms in total. The van der Waals surface area contributed by atoms with E-state index in [-0.39, 0.29) is 6.04 Å². The number of nitrogens with zero attached hydrogens (tertiary/aromatic N) is 2. The normalized spacial score (nSPS) is 12.4. The summed E-state index contributed by atoms with van der Waals surface area (Å²) in [6, 6.07) is 7.90. The Morgan fingerprint density at radius 3 is 2.24 bits per heavy atom. The topological polar surface area (TPSA) is 51.8 Å². The summed E-state index contributed by atoms with van der Waals surface area (Å²) in [6.45, 7) is 1.94. The van der Waals surface area contributed by atoms with Gasteiger partial charge in [0, 0.05) is 22.9 Å². The second-order valence-corrected chi connectivity index (χ2v) is 5.59. The third-order valence-corrected chi connectivity index (χ3v) is 3.56. The first-order valence-electron chi connectivity index (χ1n) is 5.16. The molecule has 0 fully saturated rings. The molecule has 0 unspecified atom stereocenters. The van der Waals surface area contributed by atoms with Crippen LogP contribution in [0.2, 0.25) is 0 Å². The van der Waals surface area contributed by atoms with Crippen molar-refractivity contribution < 1.29 is 0 Å². The molecule has 0 saturated carbocycles.